The first-order valence-electron chi connectivity index (χ1n) is 10.6. The molecule has 0 unspecified atom stereocenters. The van der Waals surface area contributed by atoms with Crippen molar-refractivity contribution < 1.29 is 22.7 Å². The normalized spacial score (nSPS) is 17.3. The summed E-state index contributed by atoms with van der Waals surface area (Å²) in [5.41, 5.74) is 0.984. The number of hydrogen-bond acceptors (Lipinski definition) is 6. The van der Waals surface area contributed by atoms with Crippen LogP contribution in [0.1, 0.15) is 21.7 Å². The van der Waals surface area contributed by atoms with Gasteiger partial charge in [0.15, 0.2) is 11.5 Å². The van der Waals surface area contributed by atoms with Crippen molar-refractivity contribution in [1.82, 2.24) is 9.21 Å². The molecule has 9 heteroatoms. The van der Waals surface area contributed by atoms with Gasteiger partial charge in [-0.3, -0.25) is 4.79 Å². The zero-order valence-corrected chi connectivity index (χ0v) is 19.4. The average molecular weight is 473 g/mol. The Balaban J connectivity index is 1.31. The molecule has 1 saturated heterocycles. The van der Waals surface area contributed by atoms with E-state index in [1.54, 1.807) is 17.0 Å². The molecule has 0 radical (unpaired) electrons. The number of nitrogens with zero attached hydrogens (tertiary/aromatic N) is 2. The molecule has 2 aromatic carbocycles. The monoisotopic (exact) mass is 472 g/mol. The van der Waals surface area contributed by atoms with Gasteiger partial charge >= 0.3 is 0 Å². The molecule has 0 N–H and O–H groups in total. The van der Waals surface area contributed by atoms with Gasteiger partial charge in [-0.05, 0) is 36.1 Å². The maximum atomic E-state index is 13.2. The average Bonchev–Trinajstić information content (AvgIpc) is 2.98. The molecule has 1 aromatic heterocycles. The minimum Gasteiger partial charge on any atom is -0.490 e. The van der Waals surface area contributed by atoms with E-state index in [0.29, 0.717) is 37.8 Å². The lowest BCUT2D eigenvalue weighted by molar-refractivity contribution is 0.0702. The smallest absolute Gasteiger partial charge is 0.264 e. The van der Waals surface area contributed by atoms with Gasteiger partial charge in [-0.2, -0.15) is 4.31 Å². The number of carbonyl (C=O) groups excluding carboxylic acids is 1. The van der Waals surface area contributed by atoms with E-state index in [1.807, 2.05) is 31.2 Å². The van der Waals surface area contributed by atoms with Crippen molar-refractivity contribution in [2.75, 3.05) is 39.4 Å². The molecule has 1 amide bonds. The first-order chi connectivity index (χ1) is 15.4. The Bertz CT molecular complexity index is 1280. The molecular weight excluding hydrogens is 448 g/mol. The van der Waals surface area contributed by atoms with Crippen LogP contribution in [0.3, 0.4) is 0 Å². The van der Waals surface area contributed by atoms with Crippen LogP contribution < -0.4 is 9.47 Å². The molecule has 32 heavy (non-hydrogen) atoms. The molecule has 0 aliphatic carbocycles. The summed E-state index contributed by atoms with van der Waals surface area (Å²) in [6.45, 7) is 4.24. The van der Waals surface area contributed by atoms with Crippen LogP contribution in [-0.2, 0) is 10.0 Å². The number of rotatable bonds is 3. The maximum Gasteiger partial charge on any atom is 0.264 e. The van der Waals surface area contributed by atoms with Crippen LogP contribution in [0.15, 0.2) is 47.4 Å². The Hall–Kier alpha value is -2.62. The summed E-state index contributed by atoms with van der Waals surface area (Å²) in [7, 11) is -3.69. The molecule has 3 heterocycles. The van der Waals surface area contributed by atoms with Crippen LogP contribution in [0.2, 0.25) is 0 Å². The predicted octanol–water partition coefficient (Wildman–Crippen LogP) is 3.52. The molecule has 2 aliphatic heterocycles. The van der Waals surface area contributed by atoms with Crippen LogP contribution in [0.25, 0.3) is 10.1 Å². The number of ether oxygens (including phenoxy) is 2. The number of thiophene rings is 1. The van der Waals surface area contributed by atoms with Gasteiger partial charge < -0.3 is 14.4 Å². The number of hydrogen-bond donors (Lipinski definition) is 0. The lowest BCUT2D eigenvalue weighted by Crippen LogP contribution is -2.50. The predicted molar refractivity (Wildman–Crippen MR) is 123 cm³/mol. The second kappa shape index (κ2) is 8.38. The highest BCUT2D eigenvalue weighted by Crippen LogP contribution is 2.34. The molecule has 168 valence electrons. The molecule has 0 spiro atoms. The summed E-state index contributed by atoms with van der Waals surface area (Å²) in [5.74, 6) is 0.990. The van der Waals surface area contributed by atoms with E-state index in [4.69, 9.17) is 9.47 Å². The third kappa shape index (κ3) is 3.74. The quantitative estimate of drug-likeness (QED) is 0.583. The van der Waals surface area contributed by atoms with Crippen molar-refractivity contribution in [3.05, 3.63) is 52.9 Å². The lowest BCUT2D eigenvalue weighted by atomic mass is 10.1. The molecule has 3 aromatic rings. The van der Waals surface area contributed by atoms with E-state index in [2.05, 4.69) is 0 Å². The number of sulfonamides is 1. The van der Waals surface area contributed by atoms with Crippen LogP contribution in [-0.4, -0.2) is 62.9 Å². The Labute approximate surface area is 191 Å². The summed E-state index contributed by atoms with van der Waals surface area (Å²) in [6, 6.07) is 12.7. The summed E-state index contributed by atoms with van der Waals surface area (Å²) in [6.07, 6.45) is 0.756. The Morgan fingerprint density at radius 2 is 1.69 bits per heavy atom. The fourth-order valence-corrected chi connectivity index (χ4v) is 6.72. The third-order valence-electron chi connectivity index (χ3n) is 5.92. The minimum absolute atomic E-state index is 0.0312. The third-order valence-corrected chi connectivity index (χ3v) is 9.08. The second-order valence-electron chi connectivity index (χ2n) is 7.91. The highest BCUT2D eigenvalue weighted by molar-refractivity contribution is 7.89. The fourth-order valence-electron chi connectivity index (χ4n) is 4.11. The number of amides is 1. The molecule has 7 nitrogen and oxygen atoms in total. The Morgan fingerprint density at radius 3 is 2.44 bits per heavy atom. The molecule has 0 saturated carbocycles. The molecule has 5 rings (SSSR count). The summed E-state index contributed by atoms with van der Waals surface area (Å²) in [4.78, 5) is 15.8. The van der Waals surface area contributed by atoms with E-state index < -0.39 is 10.0 Å². The Morgan fingerprint density at radius 1 is 0.969 bits per heavy atom. The molecule has 1 fully saturated rings. The van der Waals surface area contributed by atoms with Crippen molar-refractivity contribution in [1.29, 1.82) is 0 Å². The van der Waals surface area contributed by atoms with Crippen molar-refractivity contribution in [2.45, 2.75) is 18.2 Å². The number of benzene rings is 2. The van der Waals surface area contributed by atoms with E-state index in [9.17, 15) is 13.2 Å². The molecular formula is C23H24N2O5S2. The van der Waals surface area contributed by atoms with Crippen molar-refractivity contribution >= 4 is 37.4 Å². The van der Waals surface area contributed by atoms with Crippen molar-refractivity contribution in [2.24, 2.45) is 0 Å². The van der Waals surface area contributed by atoms with E-state index in [0.717, 1.165) is 26.9 Å². The van der Waals surface area contributed by atoms with Crippen LogP contribution in [0.4, 0.5) is 0 Å². The zero-order valence-electron chi connectivity index (χ0n) is 17.7. The Kier molecular flexibility index (Phi) is 5.56. The molecule has 0 atom stereocenters. The summed E-state index contributed by atoms with van der Waals surface area (Å²) >= 11 is 1.49. The maximum absolute atomic E-state index is 13.2. The summed E-state index contributed by atoms with van der Waals surface area (Å²) < 4.78 is 40.2. The summed E-state index contributed by atoms with van der Waals surface area (Å²) in [5, 5.41) is 1.09. The highest BCUT2D eigenvalue weighted by Gasteiger charge is 2.32. The van der Waals surface area contributed by atoms with E-state index in [-0.39, 0.29) is 23.9 Å². The number of piperazine rings is 1. The van der Waals surface area contributed by atoms with Gasteiger partial charge in [0.25, 0.3) is 5.91 Å². The van der Waals surface area contributed by atoms with Gasteiger partial charge in [-0.15, -0.1) is 11.3 Å². The standard InChI is InChI=1S/C23H24N2O5S2/c1-16-18-5-2-3-6-21(18)31-22(16)23(26)24-9-11-25(12-10-24)32(27,28)17-7-8-19-20(15-17)30-14-4-13-29-19/h2-3,5-8,15H,4,9-14H2,1H3. The SMILES string of the molecule is Cc1c(C(=O)N2CCN(S(=O)(=O)c3ccc4c(c3)OCCCO4)CC2)sc2ccccc12. The lowest BCUT2D eigenvalue weighted by Gasteiger charge is -2.34. The number of carbonyl (C=O) groups is 1. The minimum atomic E-state index is -3.69. The first-order valence-corrected chi connectivity index (χ1v) is 12.9. The first kappa shape index (κ1) is 21.2. The molecule has 2 aliphatic rings. The van der Waals surface area contributed by atoms with E-state index in [1.165, 1.54) is 21.7 Å². The van der Waals surface area contributed by atoms with Gasteiger partial charge in [0.1, 0.15) is 0 Å². The van der Waals surface area contributed by atoms with Crippen molar-refractivity contribution in [3.8, 4) is 11.5 Å². The van der Waals surface area contributed by atoms with Crippen LogP contribution in [0, 0.1) is 6.92 Å². The number of aryl methyl sites for hydroxylation is 1. The highest BCUT2D eigenvalue weighted by atomic mass is 32.2. The van der Waals surface area contributed by atoms with Gasteiger partial charge in [0.05, 0.1) is 23.0 Å². The number of fused-ring (bicyclic) bond motifs is 2. The molecule has 0 bridgehead atoms. The zero-order chi connectivity index (χ0) is 22.3. The topological polar surface area (TPSA) is 76.2 Å². The van der Waals surface area contributed by atoms with Gasteiger partial charge in [-0.1, -0.05) is 18.2 Å². The van der Waals surface area contributed by atoms with Crippen LogP contribution >= 0.6 is 11.3 Å². The van der Waals surface area contributed by atoms with Gasteiger partial charge in [0.2, 0.25) is 10.0 Å². The van der Waals surface area contributed by atoms with Gasteiger partial charge in [-0.25, -0.2) is 8.42 Å². The second-order valence-corrected chi connectivity index (χ2v) is 10.9. The largest absolute Gasteiger partial charge is 0.490 e. The van der Waals surface area contributed by atoms with Gasteiger partial charge in [0, 0.05) is 43.4 Å². The van der Waals surface area contributed by atoms with Crippen molar-refractivity contribution in [3.63, 3.8) is 0 Å². The van der Waals surface area contributed by atoms with Crippen LogP contribution in [0.5, 0.6) is 11.5 Å². The van der Waals surface area contributed by atoms with E-state index >= 15 is 0 Å². The fraction of sp³-hybridized carbons (Fsp3) is 0.348.